The first-order valence-electron chi connectivity index (χ1n) is 6.29. The fourth-order valence-corrected chi connectivity index (χ4v) is 1.99. The van der Waals surface area contributed by atoms with E-state index in [1.165, 1.54) is 0 Å². The summed E-state index contributed by atoms with van der Waals surface area (Å²) in [5.74, 6) is 1.53. The maximum Gasteiger partial charge on any atom is 0.191 e. The van der Waals surface area contributed by atoms with Gasteiger partial charge in [0.25, 0.3) is 0 Å². The zero-order valence-electron chi connectivity index (χ0n) is 11.7. The Bertz CT molecular complexity index is 626. The van der Waals surface area contributed by atoms with Crippen LogP contribution in [0.1, 0.15) is 22.6 Å². The van der Waals surface area contributed by atoms with Gasteiger partial charge in [0.05, 0.1) is 6.21 Å². The van der Waals surface area contributed by atoms with Crippen molar-refractivity contribution in [3.05, 3.63) is 53.0 Å². The molecule has 4 nitrogen and oxygen atoms in total. The van der Waals surface area contributed by atoms with Crippen molar-refractivity contribution in [2.24, 2.45) is 5.10 Å². The number of nitrogens with one attached hydrogen (secondary N) is 2. The highest BCUT2D eigenvalue weighted by molar-refractivity contribution is 7.80. The van der Waals surface area contributed by atoms with Crippen LogP contribution in [0.15, 0.2) is 39.9 Å². The van der Waals surface area contributed by atoms with Crippen molar-refractivity contribution in [3.8, 4) is 0 Å². The van der Waals surface area contributed by atoms with E-state index < -0.39 is 0 Å². The molecule has 0 spiro atoms. The van der Waals surface area contributed by atoms with Crippen LogP contribution in [-0.2, 0) is 0 Å². The van der Waals surface area contributed by atoms with Gasteiger partial charge in [-0.3, -0.25) is 5.43 Å². The van der Waals surface area contributed by atoms with E-state index in [0.717, 1.165) is 22.6 Å². The number of hydrogen-bond acceptors (Lipinski definition) is 3. The summed E-state index contributed by atoms with van der Waals surface area (Å²) in [4.78, 5) is 0. The predicted molar refractivity (Wildman–Crippen MR) is 86.3 cm³/mol. The summed E-state index contributed by atoms with van der Waals surface area (Å²) in [6.07, 6.45) is 1.59. The summed E-state index contributed by atoms with van der Waals surface area (Å²) in [6.45, 7) is 5.96. The summed E-state index contributed by atoms with van der Waals surface area (Å²) in [6, 6.07) is 9.82. The molecule has 5 heteroatoms. The smallest absolute Gasteiger partial charge is 0.191 e. The van der Waals surface area contributed by atoms with Crippen LogP contribution in [0.3, 0.4) is 0 Å². The number of furan rings is 1. The first-order valence-corrected chi connectivity index (χ1v) is 6.70. The van der Waals surface area contributed by atoms with Crippen LogP contribution in [0, 0.1) is 20.8 Å². The van der Waals surface area contributed by atoms with Crippen LogP contribution in [-0.4, -0.2) is 11.3 Å². The largest absolute Gasteiger partial charge is 0.460 e. The van der Waals surface area contributed by atoms with E-state index in [-0.39, 0.29) is 0 Å². The number of para-hydroxylation sites is 1. The Morgan fingerprint density at radius 1 is 1.15 bits per heavy atom. The minimum atomic E-state index is 0.446. The van der Waals surface area contributed by atoms with Gasteiger partial charge in [0.15, 0.2) is 5.11 Å². The van der Waals surface area contributed by atoms with E-state index >= 15 is 0 Å². The lowest BCUT2D eigenvalue weighted by Gasteiger charge is -2.12. The second-order valence-corrected chi connectivity index (χ2v) is 4.95. The number of hydrogen-bond donors (Lipinski definition) is 2. The second kappa shape index (κ2) is 6.34. The van der Waals surface area contributed by atoms with Crippen molar-refractivity contribution in [2.45, 2.75) is 20.8 Å². The fraction of sp³-hybridized carbons (Fsp3) is 0.200. The lowest BCUT2D eigenvalue weighted by molar-refractivity contribution is 0.527. The van der Waals surface area contributed by atoms with E-state index in [9.17, 15) is 0 Å². The Morgan fingerprint density at radius 2 is 1.85 bits per heavy atom. The van der Waals surface area contributed by atoms with E-state index in [1.807, 2.05) is 51.1 Å². The number of benzene rings is 1. The normalized spacial score (nSPS) is 10.8. The molecule has 0 bridgehead atoms. The monoisotopic (exact) mass is 287 g/mol. The molecule has 0 aliphatic heterocycles. The van der Waals surface area contributed by atoms with Gasteiger partial charge in [-0.2, -0.15) is 5.10 Å². The molecule has 0 saturated carbocycles. The molecular formula is C15H17N3OS. The summed E-state index contributed by atoms with van der Waals surface area (Å²) >= 11 is 5.21. The molecule has 2 rings (SSSR count). The molecule has 0 saturated heterocycles. The molecule has 1 aromatic heterocycles. The first kappa shape index (κ1) is 14.3. The highest BCUT2D eigenvalue weighted by Crippen LogP contribution is 2.19. The average Bonchev–Trinajstić information content (AvgIpc) is 2.80. The third-order valence-electron chi connectivity index (χ3n) is 2.84. The van der Waals surface area contributed by atoms with Gasteiger partial charge in [-0.15, -0.1) is 0 Å². The van der Waals surface area contributed by atoms with Crippen LogP contribution < -0.4 is 10.7 Å². The molecule has 2 aromatic rings. The molecule has 0 atom stereocenters. The lowest BCUT2D eigenvalue weighted by Crippen LogP contribution is -2.24. The Hall–Kier alpha value is -2.14. The van der Waals surface area contributed by atoms with Crippen LogP contribution in [0.5, 0.6) is 0 Å². The van der Waals surface area contributed by atoms with Crippen LogP contribution in [0.4, 0.5) is 5.69 Å². The molecule has 0 fully saturated rings. The highest BCUT2D eigenvalue weighted by Gasteiger charge is 2.03. The summed E-state index contributed by atoms with van der Waals surface area (Å²) in [5, 5.41) is 7.63. The van der Waals surface area contributed by atoms with Crippen molar-refractivity contribution in [1.82, 2.24) is 5.43 Å². The molecule has 1 aromatic carbocycles. The van der Waals surface area contributed by atoms with Crippen molar-refractivity contribution in [1.29, 1.82) is 0 Å². The summed E-state index contributed by atoms with van der Waals surface area (Å²) in [7, 11) is 0. The number of rotatable bonds is 3. The van der Waals surface area contributed by atoms with Gasteiger partial charge in [-0.05, 0) is 56.2 Å². The first-order chi connectivity index (χ1) is 9.56. The van der Waals surface area contributed by atoms with E-state index in [1.54, 1.807) is 6.21 Å². The quantitative estimate of drug-likeness (QED) is 0.515. The molecule has 0 amide bonds. The third-order valence-corrected chi connectivity index (χ3v) is 3.03. The summed E-state index contributed by atoms with van der Waals surface area (Å²) < 4.78 is 5.37. The number of aryl methyl sites for hydroxylation is 3. The maximum atomic E-state index is 5.37. The highest BCUT2D eigenvalue weighted by atomic mass is 32.1. The van der Waals surface area contributed by atoms with Gasteiger partial charge in [0, 0.05) is 5.69 Å². The zero-order chi connectivity index (χ0) is 14.5. The number of hydrazone groups is 1. The van der Waals surface area contributed by atoms with Gasteiger partial charge < -0.3 is 9.73 Å². The van der Waals surface area contributed by atoms with Crippen LogP contribution in [0.2, 0.25) is 0 Å². The number of anilines is 1. The Morgan fingerprint density at radius 3 is 2.45 bits per heavy atom. The predicted octanol–water partition coefficient (Wildman–Crippen LogP) is 3.53. The molecule has 0 aliphatic rings. The molecule has 20 heavy (non-hydrogen) atoms. The maximum absolute atomic E-state index is 5.37. The average molecular weight is 287 g/mol. The van der Waals surface area contributed by atoms with E-state index in [2.05, 4.69) is 15.8 Å². The standard InChI is InChI=1S/C15H17N3OS/c1-10-5-4-6-11(2)14(10)17-15(20)18-16-9-13-8-7-12(3)19-13/h4-9H,1-3H3,(H2,17,18,20)/b16-9+. The van der Waals surface area contributed by atoms with E-state index in [0.29, 0.717) is 10.9 Å². The van der Waals surface area contributed by atoms with Gasteiger partial charge >= 0.3 is 0 Å². The van der Waals surface area contributed by atoms with Gasteiger partial charge in [0.1, 0.15) is 11.5 Å². The Balaban J connectivity index is 1.94. The molecule has 2 N–H and O–H groups in total. The summed E-state index contributed by atoms with van der Waals surface area (Å²) in [5.41, 5.74) is 6.06. The number of nitrogens with zero attached hydrogens (tertiary/aromatic N) is 1. The molecule has 0 unspecified atom stereocenters. The van der Waals surface area contributed by atoms with E-state index in [4.69, 9.17) is 16.6 Å². The molecule has 104 valence electrons. The van der Waals surface area contributed by atoms with Crippen LogP contribution >= 0.6 is 12.2 Å². The second-order valence-electron chi connectivity index (χ2n) is 4.54. The van der Waals surface area contributed by atoms with Gasteiger partial charge in [-0.25, -0.2) is 0 Å². The Labute approximate surface area is 123 Å². The molecule has 0 aliphatic carbocycles. The van der Waals surface area contributed by atoms with Crippen molar-refractivity contribution in [3.63, 3.8) is 0 Å². The van der Waals surface area contributed by atoms with Crippen molar-refractivity contribution in [2.75, 3.05) is 5.32 Å². The van der Waals surface area contributed by atoms with Gasteiger partial charge in [0.2, 0.25) is 0 Å². The minimum Gasteiger partial charge on any atom is -0.460 e. The van der Waals surface area contributed by atoms with Crippen molar-refractivity contribution >= 4 is 29.2 Å². The molecule has 1 heterocycles. The fourth-order valence-electron chi connectivity index (χ4n) is 1.83. The van der Waals surface area contributed by atoms with Gasteiger partial charge in [-0.1, -0.05) is 18.2 Å². The van der Waals surface area contributed by atoms with Crippen molar-refractivity contribution < 1.29 is 4.42 Å². The SMILES string of the molecule is Cc1ccc(/C=N/NC(=S)Nc2c(C)cccc2C)o1. The zero-order valence-corrected chi connectivity index (χ0v) is 12.5. The molecule has 0 radical (unpaired) electrons. The third kappa shape index (κ3) is 3.68. The van der Waals surface area contributed by atoms with Crippen LogP contribution in [0.25, 0.3) is 0 Å². The minimum absolute atomic E-state index is 0.446. The Kier molecular flexibility index (Phi) is 4.53. The number of thiocarbonyl (C=S) groups is 1. The topological polar surface area (TPSA) is 49.6 Å². The molecular weight excluding hydrogens is 270 g/mol. The lowest BCUT2D eigenvalue weighted by atomic mass is 10.1.